The van der Waals surface area contributed by atoms with Gasteiger partial charge < -0.3 is 14.2 Å². The Bertz CT molecular complexity index is 1200. The van der Waals surface area contributed by atoms with E-state index in [2.05, 4.69) is 71.9 Å². The molecule has 1 unspecified atom stereocenters. The fourth-order valence-electron chi connectivity index (χ4n) is 5.13. The van der Waals surface area contributed by atoms with Crippen LogP contribution >= 0.6 is 0 Å². The van der Waals surface area contributed by atoms with Crippen LogP contribution in [0, 0.1) is 0 Å². The topological polar surface area (TPSA) is 52.3 Å². The van der Waals surface area contributed by atoms with Crippen LogP contribution in [0.15, 0.2) is 56.6 Å². The highest BCUT2D eigenvalue weighted by molar-refractivity contribution is 5.89. The van der Waals surface area contributed by atoms with Crippen molar-refractivity contribution in [3.63, 3.8) is 0 Å². The molecule has 0 amide bonds. The van der Waals surface area contributed by atoms with Crippen molar-refractivity contribution in [3.8, 4) is 0 Å². The molecule has 1 aromatic heterocycles. The Balaban J connectivity index is 1.58. The van der Waals surface area contributed by atoms with Crippen LogP contribution in [0.2, 0.25) is 0 Å². The summed E-state index contributed by atoms with van der Waals surface area (Å²) in [6.45, 7) is 16.9. The van der Waals surface area contributed by atoms with Crippen molar-refractivity contribution in [3.05, 3.63) is 58.5 Å². The molecule has 2 aromatic rings. The fraction of sp³-hybridized carbons (Fsp3) is 0.517. The molecule has 1 fully saturated rings. The molecular formula is C29H40N4O2. The summed E-state index contributed by atoms with van der Waals surface area (Å²) in [6.07, 6.45) is 7.52. The summed E-state index contributed by atoms with van der Waals surface area (Å²) in [5, 5.41) is 1.56. The van der Waals surface area contributed by atoms with Crippen LogP contribution in [0.25, 0.3) is 16.3 Å². The normalized spacial score (nSPS) is 20.0. The molecule has 0 aliphatic carbocycles. The fourth-order valence-corrected chi connectivity index (χ4v) is 5.13. The summed E-state index contributed by atoms with van der Waals surface area (Å²) in [5.41, 5.74) is 3.86. The van der Waals surface area contributed by atoms with Crippen LogP contribution < -0.4 is 10.5 Å². The number of aliphatic imine (C=N–C) groups is 1. The summed E-state index contributed by atoms with van der Waals surface area (Å²) in [6, 6.07) is 8.97. The molecule has 188 valence electrons. The van der Waals surface area contributed by atoms with Gasteiger partial charge in [0.2, 0.25) is 0 Å². The van der Waals surface area contributed by atoms with Gasteiger partial charge in [-0.05, 0) is 64.6 Å². The molecule has 0 radical (unpaired) electrons. The molecule has 6 heteroatoms. The Morgan fingerprint density at radius 1 is 1.17 bits per heavy atom. The summed E-state index contributed by atoms with van der Waals surface area (Å²) >= 11 is 0. The monoisotopic (exact) mass is 476 g/mol. The molecule has 1 atom stereocenters. The van der Waals surface area contributed by atoms with E-state index >= 15 is 0 Å². The molecule has 1 aromatic carbocycles. The smallest absolute Gasteiger partial charge is 0.344 e. The first-order chi connectivity index (χ1) is 16.8. The molecule has 4 rings (SSSR count). The van der Waals surface area contributed by atoms with E-state index in [1.807, 2.05) is 26.0 Å². The van der Waals surface area contributed by atoms with E-state index in [-0.39, 0.29) is 11.7 Å². The Kier molecular flexibility index (Phi) is 7.80. The standard InChI is InChI=1S/C29H40N4O2/c1-7-8-9-27-23(6)30-22(5)19-33(27)18-21(4)28-16-24-10-11-25(17-26(24)29(34)35-28)32-14-12-31(13-15-32)20(2)3/h10-11,16-20,27H,7-9,12-15H2,1-6H3/b21-18+. The number of benzene rings is 1. The van der Waals surface area contributed by atoms with E-state index in [9.17, 15) is 4.79 Å². The predicted octanol–water partition coefficient (Wildman–Crippen LogP) is 5.88. The first kappa shape index (κ1) is 25.2. The maximum Gasteiger partial charge on any atom is 0.344 e. The molecule has 35 heavy (non-hydrogen) atoms. The van der Waals surface area contributed by atoms with Crippen LogP contribution in [-0.2, 0) is 0 Å². The van der Waals surface area contributed by atoms with E-state index in [1.165, 1.54) is 0 Å². The second-order valence-electron chi connectivity index (χ2n) is 10.2. The SMILES string of the molecule is CCCCC1C(C)=NC(C)=CN1/C=C(\C)c1cc2ccc(N3CCN(C(C)C)CC3)cc2c(=O)o1. The van der Waals surface area contributed by atoms with Crippen molar-refractivity contribution >= 4 is 27.7 Å². The maximum absolute atomic E-state index is 13.0. The molecule has 0 bridgehead atoms. The number of anilines is 1. The van der Waals surface area contributed by atoms with Crippen LogP contribution in [-0.4, -0.2) is 53.8 Å². The zero-order valence-corrected chi connectivity index (χ0v) is 22.2. The number of rotatable bonds is 7. The minimum atomic E-state index is -0.279. The highest BCUT2D eigenvalue weighted by Crippen LogP contribution is 2.26. The van der Waals surface area contributed by atoms with Gasteiger partial charge in [0.25, 0.3) is 0 Å². The van der Waals surface area contributed by atoms with Gasteiger partial charge in [0.1, 0.15) is 5.76 Å². The van der Waals surface area contributed by atoms with Gasteiger partial charge in [-0.1, -0.05) is 25.8 Å². The average Bonchev–Trinajstić information content (AvgIpc) is 2.83. The number of allylic oxidation sites excluding steroid dienone is 2. The third-order valence-corrected chi connectivity index (χ3v) is 7.25. The summed E-state index contributed by atoms with van der Waals surface area (Å²) in [7, 11) is 0. The second-order valence-corrected chi connectivity index (χ2v) is 10.2. The highest BCUT2D eigenvalue weighted by Gasteiger charge is 2.22. The van der Waals surface area contributed by atoms with Crippen molar-refractivity contribution in [2.75, 3.05) is 31.1 Å². The molecule has 1 saturated heterocycles. The number of unbranched alkanes of at least 4 members (excludes halogenated alkanes) is 1. The van der Waals surface area contributed by atoms with Crippen molar-refractivity contribution in [1.29, 1.82) is 0 Å². The third kappa shape index (κ3) is 5.69. The Morgan fingerprint density at radius 2 is 1.91 bits per heavy atom. The van der Waals surface area contributed by atoms with E-state index in [4.69, 9.17) is 4.42 Å². The Hall–Kier alpha value is -2.86. The molecule has 0 saturated carbocycles. The minimum Gasteiger partial charge on any atom is -0.423 e. The van der Waals surface area contributed by atoms with Crippen molar-refractivity contribution < 1.29 is 4.42 Å². The van der Waals surface area contributed by atoms with E-state index in [0.29, 0.717) is 17.2 Å². The molecular weight excluding hydrogens is 436 g/mol. The Labute approximate surface area is 209 Å². The number of nitrogens with zero attached hydrogens (tertiary/aromatic N) is 4. The van der Waals surface area contributed by atoms with Gasteiger partial charge in [-0.15, -0.1) is 0 Å². The van der Waals surface area contributed by atoms with Crippen molar-refractivity contribution in [2.45, 2.75) is 72.9 Å². The van der Waals surface area contributed by atoms with Crippen LogP contribution in [0.3, 0.4) is 0 Å². The first-order valence-electron chi connectivity index (χ1n) is 13.0. The molecule has 0 N–H and O–H groups in total. The van der Waals surface area contributed by atoms with Crippen LogP contribution in [0.1, 0.15) is 66.6 Å². The maximum atomic E-state index is 13.0. The van der Waals surface area contributed by atoms with Gasteiger partial charge in [0, 0.05) is 61.6 Å². The quantitative estimate of drug-likeness (QED) is 0.499. The van der Waals surface area contributed by atoms with Crippen LogP contribution in [0.4, 0.5) is 5.69 Å². The number of piperazine rings is 1. The summed E-state index contributed by atoms with van der Waals surface area (Å²) in [4.78, 5) is 24.8. The number of hydrogen-bond acceptors (Lipinski definition) is 6. The molecule has 0 spiro atoms. The summed E-state index contributed by atoms with van der Waals surface area (Å²) in [5.74, 6) is 0.612. The van der Waals surface area contributed by atoms with Gasteiger partial charge >= 0.3 is 5.63 Å². The van der Waals surface area contributed by atoms with Gasteiger partial charge in [0.15, 0.2) is 0 Å². The highest BCUT2D eigenvalue weighted by atomic mass is 16.4. The first-order valence-corrected chi connectivity index (χ1v) is 13.0. The number of fused-ring (bicyclic) bond motifs is 1. The van der Waals surface area contributed by atoms with Gasteiger partial charge in [-0.25, -0.2) is 4.79 Å². The molecule has 2 aliphatic rings. The van der Waals surface area contributed by atoms with Crippen molar-refractivity contribution in [2.24, 2.45) is 4.99 Å². The predicted molar refractivity (Wildman–Crippen MR) is 147 cm³/mol. The van der Waals surface area contributed by atoms with Gasteiger partial charge in [0.05, 0.1) is 17.1 Å². The number of hydrogen-bond donors (Lipinski definition) is 0. The van der Waals surface area contributed by atoms with Gasteiger partial charge in [-0.3, -0.25) is 9.89 Å². The third-order valence-electron chi connectivity index (χ3n) is 7.25. The Morgan fingerprint density at radius 3 is 2.60 bits per heavy atom. The largest absolute Gasteiger partial charge is 0.423 e. The average molecular weight is 477 g/mol. The van der Waals surface area contributed by atoms with Crippen LogP contribution in [0.5, 0.6) is 0 Å². The van der Waals surface area contributed by atoms with Gasteiger partial charge in [-0.2, -0.15) is 0 Å². The zero-order chi connectivity index (χ0) is 25.1. The lowest BCUT2D eigenvalue weighted by atomic mass is 10.0. The summed E-state index contributed by atoms with van der Waals surface area (Å²) < 4.78 is 5.83. The zero-order valence-electron chi connectivity index (χ0n) is 22.2. The molecule has 2 aliphatic heterocycles. The van der Waals surface area contributed by atoms with E-state index in [0.717, 1.165) is 73.5 Å². The van der Waals surface area contributed by atoms with E-state index in [1.54, 1.807) is 0 Å². The molecule has 3 heterocycles. The lowest BCUT2D eigenvalue weighted by Crippen LogP contribution is -2.48. The lowest BCUT2D eigenvalue weighted by Gasteiger charge is -2.38. The second kappa shape index (κ2) is 10.8. The lowest BCUT2D eigenvalue weighted by molar-refractivity contribution is 0.209. The van der Waals surface area contributed by atoms with Crippen molar-refractivity contribution in [1.82, 2.24) is 9.80 Å². The molecule has 6 nitrogen and oxygen atoms in total. The minimum absolute atomic E-state index is 0.236. The van der Waals surface area contributed by atoms with E-state index < -0.39 is 0 Å².